The highest BCUT2D eigenvalue weighted by atomic mass is 16.6. The standard InChI is InChI=1S/C27H34O6/c1-15-11-19-24(3,4)27(19)20(26(21(15)30)12-16(2)18(29)13-26)22(25(5,14-28)33-27)32-23(31)17-9-7-6-8-10-17/h6-10,14-16,19-22,30H,11-13H2,1-5H3/t15-,16-,19-,20+,21-,22-,25+,26-,27-/m0/s1. The average Bonchev–Trinajstić information content (AvgIpc) is 3.01. The Morgan fingerprint density at radius 1 is 1.18 bits per heavy atom. The van der Waals surface area contributed by atoms with Gasteiger partial charge in [0.1, 0.15) is 11.9 Å². The molecular formula is C27H34O6. The van der Waals surface area contributed by atoms with Gasteiger partial charge in [-0.1, -0.05) is 45.9 Å². The van der Waals surface area contributed by atoms with Gasteiger partial charge in [-0.05, 0) is 43.7 Å². The molecule has 0 amide bonds. The number of aliphatic hydroxyl groups excluding tert-OH is 1. The maximum Gasteiger partial charge on any atom is 0.338 e. The number of ketones is 1. The zero-order valence-electron chi connectivity index (χ0n) is 20.0. The molecule has 3 saturated carbocycles. The van der Waals surface area contributed by atoms with E-state index >= 15 is 0 Å². The average molecular weight is 455 g/mol. The largest absolute Gasteiger partial charge is 0.455 e. The predicted molar refractivity (Wildman–Crippen MR) is 120 cm³/mol. The maximum atomic E-state index is 13.2. The van der Waals surface area contributed by atoms with Crippen LogP contribution in [0.2, 0.25) is 0 Å². The molecule has 3 aliphatic carbocycles. The molecule has 0 radical (unpaired) electrons. The van der Waals surface area contributed by atoms with Crippen molar-refractivity contribution < 1.29 is 29.0 Å². The number of hydrogen-bond donors (Lipinski definition) is 1. The van der Waals surface area contributed by atoms with Crippen LogP contribution in [0, 0.1) is 34.5 Å². The molecule has 1 N–H and O–H groups in total. The number of Topliss-reactive ketones (excluding diaryl/α,β-unsaturated/α-hetero) is 1. The lowest BCUT2D eigenvalue weighted by molar-refractivity contribution is -0.140. The van der Waals surface area contributed by atoms with E-state index in [9.17, 15) is 19.5 Å². The summed E-state index contributed by atoms with van der Waals surface area (Å²) in [6.07, 6.45) is 0.562. The van der Waals surface area contributed by atoms with Crippen LogP contribution < -0.4 is 0 Å². The van der Waals surface area contributed by atoms with Gasteiger partial charge in [-0.3, -0.25) is 9.59 Å². The highest BCUT2D eigenvalue weighted by molar-refractivity contribution is 5.90. The van der Waals surface area contributed by atoms with Gasteiger partial charge < -0.3 is 14.6 Å². The molecule has 1 aromatic carbocycles. The molecule has 4 aliphatic rings. The van der Waals surface area contributed by atoms with Gasteiger partial charge in [0.05, 0.1) is 17.3 Å². The molecule has 0 bridgehead atoms. The van der Waals surface area contributed by atoms with Gasteiger partial charge in [-0.15, -0.1) is 0 Å². The van der Waals surface area contributed by atoms with Gasteiger partial charge in [-0.2, -0.15) is 0 Å². The lowest BCUT2D eigenvalue weighted by Crippen LogP contribution is -2.54. The van der Waals surface area contributed by atoms with E-state index in [1.165, 1.54) is 0 Å². The smallest absolute Gasteiger partial charge is 0.338 e. The molecule has 2 spiro atoms. The third-order valence-electron chi connectivity index (χ3n) is 9.60. The van der Waals surface area contributed by atoms with Crippen LogP contribution in [-0.4, -0.2) is 46.6 Å². The van der Waals surface area contributed by atoms with Crippen molar-refractivity contribution in [3.8, 4) is 0 Å². The topological polar surface area (TPSA) is 89.9 Å². The first-order chi connectivity index (χ1) is 15.4. The van der Waals surface area contributed by atoms with Crippen molar-refractivity contribution in [3.63, 3.8) is 0 Å². The quantitative estimate of drug-likeness (QED) is 0.555. The van der Waals surface area contributed by atoms with Crippen LogP contribution >= 0.6 is 0 Å². The molecule has 178 valence electrons. The van der Waals surface area contributed by atoms with Crippen LogP contribution in [-0.2, 0) is 19.1 Å². The summed E-state index contributed by atoms with van der Waals surface area (Å²) in [5.41, 5.74) is -2.78. The number of hydrogen-bond acceptors (Lipinski definition) is 6. The number of aliphatic hydroxyl groups is 1. The summed E-state index contributed by atoms with van der Waals surface area (Å²) >= 11 is 0. The summed E-state index contributed by atoms with van der Waals surface area (Å²) in [5, 5.41) is 11.7. The molecule has 0 unspecified atom stereocenters. The van der Waals surface area contributed by atoms with Crippen LogP contribution in [0.5, 0.6) is 0 Å². The monoisotopic (exact) mass is 454 g/mol. The SMILES string of the molecule is C[C@H]1C[C@]2(CC1=O)[C@H]1[C@H](OC(=O)c3ccccc3)[C@@](C)(C=O)O[C@@]13[C@@H](C[C@H](C)[C@@H]2O)C3(C)C. The second-order valence-corrected chi connectivity index (χ2v) is 11.8. The van der Waals surface area contributed by atoms with Crippen LogP contribution in [0.3, 0.4) is 0 Å². The number of esters is 1. The molecule has 33 heavy (non-hydrogen) atoms. The molecular weight excluding hydrogens is 420 g/mol. The summed E-state index contributed by atoms with van der Waals surface area (Å²) < 4.78 is 12.8. The van der Waals surface area contributed by atoms with Crippen molar-refractivity contribution in [1.82, 2.24) is 0 Å². The van der Waals surface area contributed by atoms with Gasteiger partial charge in [0, 0.05) is 29.1 Å². The Labute approximate surface area is 195 Å². The first-order valence-electron chi connectivity index (χ1n) is 12.1. The van der Waals surface area contributed by atoms with E-state index in [1.54, 1.807) is 31.2 Å². The lowest BCUT2D eigenvalue weighted by atomic mass is 9.61. The fourth-order valence-electron chi connectivity index (χ4n) is 7.93. The fraction of sp³-hybridized carbons (Fsp3) is 0.667. The molecule has 5 rings (SSSR count). The summed E-state index contributed by atoms with van der Waals surface area (Å²) in [4.78, 5) is 38.6. The molecule has 1 saturated heterocycles. The molecule has 6 nitrogen and oxygen atoms in total. The van der Waals surface area contributed by atoms with Crippen molar-refractivity contribution in [1.29, 1.82) is 0 Å². The lowest BCUT2D eigenvalue weighted by Gasteiger charge is -2.45. The highest BCUT2D eigenvalue weighted by Gasteiger charge is 2.87. The van der Waals surface area contributed by atoms with Gasteiger partial charge in [0.2, 0.25) is 0 Å². The number of ether oxygens (including phenoxy) is 2. The Bertz CT molecular complexity index is 1000. The van der Waals surface area contributed by atoms with Crippen molar-refractivity contribution in [2.24, 2.45) is 34.5 Å². The summed E-state index contributed by atoms with van der Waals surface area (Å²) in [6, 6.07) is 8.70. The Morgan fingerprint density at radius 3 is 2.42 bits per heavy atom. The molecule has 1 heterocycles. The third kappa shape index (κ3) is 2.77. The van der Waals surface area contributed by atoms with E-state index < -0.39 is 40.7 Å². The van der Waals surface area contributed by atoms with Crippen LogP contribution in [0.1, 0.15) is 64.2 Å². The number of aldehydes is 1. The van der Waals surface area contributed by atoms with Gasteiger partial charge in [-0.25, -0.2) is 4.79 Å². The first kappa shape index (κ1) is 22.7. The third-order valence-corrected chi connectivity index (χ3v) is 9.60. The number of carbonyl (C=O) groups excluding carboxylic acids is 3. The minimum atomic E-state index is -1.36. The Hall–Kier alpha value is -2.05. The number of fused-ring (bicyclic) bond motifs is 1. The van der Waals surface area contributed by atoms with E-state index in [1.807, 2.05) is 19.9 Å². The van der Waals surface area contributed by atoms with Gasteiger partial charge in [0.15, 0.2) is 11.9 Å². The normalized spacial score (nSPS) is 47.5. The van der Waals surface area contributed by atoms with Crippen LogP contribution in [0.25, 0.3) is 0 Å². The Morgan fingerprint density at radius 2 is 1.85 bits per heavy atom. The van der Waals surface area contributed by atoms with Crippen LogP contribution in [0.4, 0.5) is 0 Å². The molecule has 0 aromatic heterocycles. The second-order valence-electron chi connectivity index (χ2n) is 11.8. The predicted octanol–water partition coefficient (Wildman–Crippen LogP) is 3.60. The van der Waals surface area contributed by atoms with E-state index in [-0.39, 0.29) is 35.4 Å². The van der Waals surface area contributed by atoms with E-state index in [4.69, 9.17) is 9.47 Å². The zero-order valence-corrected chi connectivity index (χ0v) is 20.0. The first-order valence-corrected chi connectivity index (χ1v) is 12.1. The minimum absolute atomic E-state index is 0.0334. The summed E-state index contributed by atoms with van der Waals surface area (Å²) in [6.45, 7) is 9.89. The van der Waals surface area contributed by atoms with Crippen molar-refractivity contribution in [3.05, 3.63) is 35.9 Å². The Kier molecular flexibility index (Phi) is 4.81. The Balaban J connectivity index is 1.67. The molecule has 9 atom stereocenters. The van der Waals surface area contributed by atoms with Crippen molar-refractivity contribution in [2.45, 2.75) is 77.3 Å². The van der Waals surface area contributed by atoms with Gasteiger partial charge in [0.25, 0.3) is 0 Å². The van der Waals surface area contributed by atoms with E-state index in [0.29, 0.717) is 12.0 Å². The second kappa shape index (κ2) is 6.98. The molecule has 6 heteroatoms. The molecule has 1 aliphatic heterocycles. The summed E-state index contributed by atoms with van der Waals surface area (Å²) in [7, 11) is 0. The summed E-state index contributed by atoms with van der Waals surface area (Å²) in [5.74, 6) is -0.999. The minimum Gasteiger partial charge on any atom is -0.455 e. The van der Waals surface area contributed by atoms with Gasteiger partial charge >= 0.3 is 5.97 Å². The zero-order chi connectivity index (χ0) is 24.0. The van der Waals surface area contributed by atoms with E-state index in [2.05, 4.69) is 13.8 Å². The molecule has 1 aromatic rings. The van der Waals surface area contributed by atoms with Crippen molar-refractivity contribution in [2.75, 3.05) is 0 Å². The maximum absolute atomic E-state index is 13.2. The number of rotatable bonds is 3. The van der Waals surface area contributed by atoms with E-state index in [0.717, 1.165) is 12.7 Å². The molecule has 4 fully saturated rings. The number of carbonyl (C=O) groups is 3. The highest BCUT2D eigenvalue weighted by Crippen LogP contribution is 2.80. The van der Waals surface area contributed by atoms with Crippen molar-refractivity contribution >= 4 is 18.0 Å². The fourth-order valence-corrected chi connectivity index (χ4v) is 7.93. The number of benzene rings is 1. The van der Waals surface area contributed by atoms with Crippen LogP contribution in [0.15, 0.2) is 30.3 Å².